The van der Waals surface area contributed by atoms with Crippen molar-refractivity contribution in [2.75, 3.05) is 5.32 Å². The monoisotopic (exact) mass is 348 g/mol. The molecule has 2 unspecified atom stereocenters. The maximum atomic E-state index is 12.9. The molecule has 25 heavy (non-hydrogen) atoms. The van der Waals surface area contributed by atoms with Gasteiger partial charge in [0.15, 0.2) is 0 Å². The lowest BCUT2D eigenvalue weighted by Gasteiger charge is -2.21. The molecule has 1 aromatic heterocycles. The lowest BCUT2D eigenvalue weighted by molar-refractivity contribution is -0.137. The smallest absolute Gasteiger partial charge is 0.416 e. The largest absolute Gasteiger partial charge is 0.478 e. The number of carbonyl (C=O) groups is 1. The van der Waals surface area contributed by atoms with Gasteiger partial charge in [0.05, 0.1) is 11.1 Å². The number of halogens is 3. The van der Waals surface area contributed by atoms with E-state index in [1.165, 1.54) is 12.3 Å². The summed E-state index contributed by atoms with van der Waals surface area (Å²) in [5.41, 5.74) is 1.41. The first kappa shape index (κ1) is 15.9. The number of hydrogen-bond acceptors (Lipinski definition) is 3. The molecule has 0 amide bonds. The molecule has 4 nitrogen and oxygen atoms in total. The van der Waals surface area contributed by atoms with E-state index in [0.717, 1.165) is 42.5 Å². The summed E-state index contributed by atoms with van der Waals surface area (Å²) in [6, 6.07) is 4.93. The number of carboxylic acid groups (broad SMARTS) is 1. The van der Waals surface area contributed by atoms with Gasteiger partial charge in [-0.15, -0.1) is 0 Å². The molecule has 2 atom stereocenters. The second-order valence-electron chi connectivity index (χ2n) is 6.56. The van der Waals surface area contributed by atoms with Gasteiger partial charge < -0.3 is 10.4 Å². The van der Waals surface area contributed by atoms with Gasteiger partial charge in [-0.2, -0.15) is 13.2 Å². The maximum Gasteiger partial charge on any atom is 0.416 e. The van der Waals surface area contributed by atoms with E-state index in [9.17, 15) is 23.1 Å². The molecule has 1 aromatic carbocycles. The van der Waals surface area contributed by atoms with Crippen molar-refractivity contribution in [1.29, 1.82) is 0 Å². The van der Waals surface area contributed by atoms with Gasteiger partial charge in [0, 0.05) is 17.4 Å². The molecular weight excluding hydrogens is 333 g/mol. The molecule has 0 saturated heterocycles. The van der Waals surface area contributed by atoms with Crippen LogP contribution in [-0.4, -0.2) is 16.1 Å². The third kappa shape index (κ3) is 2.63. The van der Waals surface area contributed by atoms with Gasteiger partial charge in [-0.05, 0) is 54.9 Å². The van der Waals surface area contributed by atoms with E-state index in [-0.39, 0.29) is 23.1 Å². The van der Waals surface area contributed by atoms with E-state index in [1.54, 1.807) is 6.07 Å². The summed E-state index contributed by atoms with van der Waals surface area (Å²) < 4.78 is 38.6. The van der Waals surface area contributed by atoms with Crippen LogP contribution in [0.1, 0.15) is 58.1 Å². The Bertz CT molecular complexity index is 864. The van der Waals surface area contributed by atoms with Crippen molar-refractivity contribution >= 4 is 17.5 Å². The first-order chi connectivity index (χ1) is 11.8. The molecule has 4 rings (SSSR count). The summed E-state index contributed by atoms with van der Waals surface area (Å²) in [6.07, 6.45) is -0.319. The standard InChI is InChI=1S/C18H15F3N2O2/c19-18(20,21)11-2-1-3-12(7-11)23-16-15-10-5-4-9(6-10)14(15)13(8-22-16)17(24)25/h1-3,7-10H,4-6H2,(H,22,23)(H,24,25). The summed E-state index contributed by atoms with van der Waals surface area (Å²) >= 11 is 0. The first-order valence-electron chi connectivity index (χ1n) is 8.05. The number of carboxylic acids is 1. The summed E-state index contributed by atoms with van der Waals surface area (Å²) in [6.45, 7) is 0. The Kier molecular flexibility index (Phi) is 3.49. The fraction of sp³-hybridized carbons (Fsp3) is 0.333. The van der Waals surface area contributed by atoms with Crippen molar-refractivity contribution in [3.05, 3.63) is 52.7 Å². The quantitative estimate of drug-likeness (QED) is 0.828. The van der Waals surface area contributed by atoms with Crippen LogP contribution in [0.2, 0.25) is 0 Å². The Balaban J connectivity index is 1.75. The van der Waals surface area contributed by atoms with Crippen LogP contribution in [-0.2, 0) is 6.18 Å². The molecule has 0 spiro atoms. The van der Waals surface area contributed by atoms with Crippen LogP contribution in [0, 0.1) is 0 Å². The van der Waals surface area contributed by atoms with Crippen LogP contribution < -0.4 is 5.32 Å². The number of nitrogens with one attached hydrogen (secondary N) is 1. The number of pyridine rings is 1. The van der Waals surface area contributed by atoms with Crippen molar-refractivity contribution in [2.24, 2.45) is 0 Å². The van der Waals surface area contributed by atoms with E-state index in [2.05, 4.69) is 10.3 Å². The summed E-state index contributed by atoms with van der Waals surface area (Å²) in [7, 11) is 0. The van der Waals surface area contributed by atoms with E-state index < -0.39 is 17.7 Å². The molecule has 7 heteroatoms. The Morgan fingerprint density at radius 2 is 1.92 bits per heavy atom. The molecule has 0 aliphatic heterocycles. The lowest BCUT2D eigenvalue weighted by Crippen LogP contribution is -2.12. The Hall–Kier alpha value is -2.57. The fourth-order valence-electron chi connectivity index (χ4n) is 4.08. The highest BCUT2D eigenvalue weighted by atomic mass is 19.4. The van der Waals surface area contributed by atoms with E-state index in [4.69, 9.17) is 0 Å². The number of aromatic nitrogens is 1. The van der Waals surface area contributed by atoms with Gasteiger partial charge in [-0.3, -0.25) is 0 Å². The lowest BCUT2D eigenvalue weighted by atomic mass is 9.89. The number of benzene rings is 1. The second-order valence-corrected chi connectivity index (χ2v) is 6.56. The Labute approximate surface area is 141 Å². The third-order valence-corrected chi connectivity index (χ3v) is 5.09. The minimum Gasteiger partial charge on any atom is -0.478 e. The first-order valence-corrected chi connectivity index (χ1v) is 8.05. The predicted octanol–water partition coefficient (Wildman–Crippen LogP) is 4.91. The van der Waals surface area contributed by atoms with Gasteiger partial charge in [0.25, 0.3) is 0 Å². The Morgan fingerprint density at radius 1 is 1.20 bits per heavy atom. The zero-order valence-corrected chi connectivity index (χ0v) is 13.1. The topological polar surface area (TPSA) is 62.2 Å². The van der Waals surface area contributed by atoms with Crippen LogP contribution in [0.15, 0.2) is 30.5 Å². The van der Waals surface area contributed by atoms with Gasteiger partial charge in [0.1, 0.15) is 5.82 Å². The molecule has 1 saturated carbocycles. The van der Waals surface area contributed by atoms with Crippen molar-refractivity contribution in [3.8, 4) is 0 Å². The molecule has 130 valence electrons. The maximum absolute atomic E-state index is 12.9. The van der Waals surface area contributed by atoms with E-state index >= 15 is 0 Å². The summed E-state index contributed by atoms with van der Waals surface area (Å²) in [4.78, 5) is 15.7. The highest BCUT2D eigenvalue weighted by molar-refractivity contribution is 5.91. The number of nitrogens with zero attached hydrogens (tertiary/aromatic N) is 1. The normalized spacial score (nSPS) is 21.2. The molecule has 2 bridgehead atoms. The second kappa shape index (κ2) is 5.47. The number of hydrogen-bond donors (Lipinski definition) is 2. The van der Waals surface area contributed by atoms with Crippen LogP contribution in [0.5, 0.6) is 0 Å². The van der Waals surface area contributed by atoms with Crippen LogP contribution in [0.25, 0.3) is 0 Å². The predicted molar refractivity (Wildman–Crippen MR) is 85.3 cm³/mol. The van der Waals surface area contributed by atoms with Crippen molar-refractivity contribution in [1.82, 2.24) is 4.98 Å². The molecule has 2 aliphatic carbocycles. The minimum atomic E-state index is -4.42. The van der Waals surface area contributed by atoms with Gasteiger partial charge in [-0.25, -0.2) is 9.78 Å². The third-order valence-electron chi connectivity index (χ3n) is 5.09. The van der Waals surface area contributed by atoms with Crippen molar-refractivity contribution < 1.29 is 23.1 Å². The molecule has 2 N–H and O–H groups in total. The van der Waals surface area contributed by atoms with Gasteiger partial charge in [-0.1, -0.05) is 6.07 Å². The average Bonchev–Trinajstić information content (AvgIpc) is 3.16. The summed E-state index contributed by atoms with van der Waals surface area (Å²) in [5.74, 6) is -0.121. The summed E-state index contributed by atoms with van der Waals surface area (Å²) in [5, 5.41) is 12.4. The van der Waals surface area contributed by atoms with Gasteiger partial charge >= 0.3 is 12.1 Å². The zero-order chi connectivity index (χ0) is 17.8. The molecule has 0 radical (unpaired) electrons. The van der Waals surface area contributed by atoms with E-state index in [0.29, 0.717) is 5.82 Å². The SMILES string of the molecule is O=C(O)c1cnc(Nc2cccc(C(F)(F)F)c2)c2c1C1CCC2C1. The number of rotatable bonds is 3. The molecule has 1 fully saturated rings. The van der Waals surface area contributed by atoms with Crippen LogP contribution in [0.4, 0.5) is 24.7 Å². The van der Waals surface area contributed by atoms with Crippen molar-refractivity contribution in [2.45, 2.75) is 37.3 Å². The van der Waals surface area contributed by atoms with Crippen LogP contribution in [0.3, 0.4) is 0 Å². The average molecular weight is 348 g/mol. The number of alkyl halides is 3. The number of anilines is 2. The van der Waals surface area contributed by atoms with Crippen LogP contribution >= 0.6 is 0 Å². The zero-order valence-electron chi connectivity index (χ0n) is 13.1. The molecule has 2 aliphatic rings. The molecule has 1 heterocycles. The Morgan fingerprint density at radius 3 is 2.60 bits per heavy atom. The fourth-order valence-corrected chi connectivity index (χ4v) is 4.08. The minimum absolute atomic E-state index is 0.205. The van der Waals surface area contributed by atoms with E-state index in [1.807, 2.05) is 0 Å². The highest BCUT2D eigenvalue weighted by Gasteiger charge is 2.42. The highest BCUT2D eigenvalue weighted by Crippen LogP contribution is 2.56. The van der Waals surface area contributed by atoms with Gasteiger partial charge in [0.2, 0.25) is 0 Å². The molecular formula is C18H15F3N2O2. The number of aromatic carboxylic acids is 1. The molecule has 2 aromatic rings. The number of fused-ring (bicyclic) bond motifs is 5. The van der Waals surface area contributed by atoms with Crippen molar-refractivity contribution in [3.63, 3.8) is 0 Å².